The summed E-state index contributed by atoms with van der Waals surface area (Å²) in [5, 5.41) is 5.12. The number of methoxy groups -OCH3 is 2. The molecule has 0 fully saturated rings. The summed E-state index contributed by atoms with van der Waals surface area (Å²) < 4.78 is 12.7. The highest BCUT2D eigenvalue weighted by Crippen LogP contribution is 2.27. The van der Waals surface area contributed by atoms with Gasteiger partial charge in [-0.2, -0.15) is 0 Å². The van der Waals surface area contributed by atoms with Crippen molar-refractivity contribution in [3.8, 4) is 11.5 Å². The van der Waals surface area contributed by atoms with Crippen molar-refractivity contribution < 1.29 is 19.1 Å². The van der Waals surface area contributed by atoms with E-state index in [2.05, 4.69) is 10.6 Å². The Morgan fingerprint density at radius 2 is 1.63 bits per heavy atom. The molecule has 0 unspecified atom stereocenters. The average Bonchev–Trinajstić information content (AvgIpc) is 2.75. The zero-order valence-electron chi connectivity index (χ0n) is 17.5. The van der Waals surface area contributed by atoms with Crippen LogP contribution in [0.5, 0.6) is 11.5 Å². The van der Waals surface area contributed by atoms with E-state index in [1.165, 1.54) is 31.8 Å². The molecule has 0 radical (unpaired) electrons. The third-order valence-corrected chi connectivity index (χ3v) is 4.63. The van der Waals surface area contributed by atoms with Crippen molar-refractivity contribution in [3.63, 3.8) is 0 Å². The van der Waals surface area contributed by atoms with Crippen molar-refractivity contribution in [3.05, 3.63) is 56.4 Å². The van der Waals surface area contributed by atoms with E-state index in [0.29, 0.717) is 23.6 Å². The lowest BCUT2D eigenvalue weighted by molar-refractivity contribution is -0.126. The molecule has 2 amide bonds. The molecule has 10 nitrogen and oxygen atoms in total. The fraction of sp³-hybridized carbons (Fsp3) is 0.400. The minimum atomic E-state index is -0.477. The van der Waals surface area contributed by atoms with Crippen LogP contribution in [0.1, 0.15) is 17.7 Å². The van der Waals surface area contributed by atoms with Gasteiger partial charge in [0, 0.05) is 32.3 Å². The third kappa shape index (κ3) is 5.72. The van der Waals surface area contributed by atoms with Crippen molar-refractivity contribution in [1.29, 1.82) is 0 Å². The highest BCUT2D eigenvalue weighted by Gasteiger charge is 2.10. The quantitative estimate of drug-likeness (QED) is 0.565. The van der Waals surface area contributed by atoms with Gasteiger partial charge in [-0.15, -0.1) is 0 Å². The molecular weight excluding hydrogens is 392 g/mol. The van der Waals surface area contributed by atoms with Crippen molar-refractivity contribution >= 4 is 11.8 Å². The Morgan fingerprint density at radius 1 is 0.933 bits per heavy atom. The molecule has 2 aromatic rings. The largest absolute Gasteiger partial charge is 0.493 e. The number of rotatable bonds is 9. The summed E-state index contributed by atoms with van der Waals surface area (Å²) in [6, 6.07) is 6.69. The number of aryl methyl sites for hydroxylation is 1. The third-order valence-electron chi connectivity index (χ3n) is 4.63. The lowest BCUT2D eigenvalue weighted by atomic mass is 10.1. The van der Waals surface area contributed by atoms with Crippen molar-refractivity contribution in [2.24, 2.45) is 14.1 Å². The van der Waals surface area contributed by atoms with E-state index < -0.39 is 17.2 Å². The van der Waals surface area contributed by atoms with Crippen LogP contribution < -0.4 is 31.4 Å². The second-order valence-corrected chi connectivity index (χ2v) is 6.62. The van der Waals surface area contributed by atoms with Gasteiger partial charge >= 0.3 is 5.69 Å². The molecule has 0 saturated heterocycles. The monoisotopic (exact) mass is 418 g/mol. The Labute approximate surface area is 173 Å². The summed E-state index contributed by atoms with van der Waals surface area (Å²) in [7, 11) is 5.98. The maximum atomic E-state index is 12.0. The van der Waals surface area contributed by atoms with Crippen LogP contribution in [0.3, 0.4) is 0 Å². The van der Waals surface area contributed by atoms with E-state index >= 15 is 0 Å². The molecular formula is C20H26N4O6. The number of nitrogens with zero attached hydrogens (tertiary/aromatic N) is 2. The minimum Gasteiger partial charge on any atom is -0.493 e. The van der Waals surface area contributed by atoms with Gasteiger partial charge in [0.15, 0.2) is 11.5 Å². The zero-order valence-corrected chi connectivity index (χ0v) is 17.5. The van der Waals surface area contributed by atoms with Gasteiger partial charge in [-0.05, 0) is 24.1 Å². The van der Waals surface area contributed by atoms with Gasteiger partial charge in [0.25, 0.3) is 5.56 Å². The topological polar surface area (TPSA) is 121 Å². The molecule has 0 spiro atoms. The summed E-state index contributed by atoms with van der Waals surface area (Å²) in [4.78, 5) is 47.6. The summed E-state index contributed by atoms with van der Waals surface area (Å²) in [5.41, 5.74) is 0.344. The Kier molecular flexibility index (Phi) is 7.79. The number of ether oxygens (including phenoxy) is 2. The SMILES string of the molecule is COc1ccc(CCC(=O)NCC(=O)NCc2cc(=O)n(C)c(=O)n2C)cc1OC. The predicted molar refractivity (Wildman–Crippen MR) is 110 cm³/mol. The number of hydrogen-bond acceptors (Lipinski definition) is 6. The van der Waals surface area contributed by atoms with Gasteiger partial charge in [-0.1, -0.05) is 6.07 Å². The Bertz CT molecular complexity index is 1040. The summed E-state index contributed by atoms with van der Waals surface area (Å²) in [5.74, 6) is 0.486. The number of amides is 2. The summed E-state index contributed by atoms with van der Waals surface area (Å²) in [6.45, 7) is -0.203. The first kappa shape index (κ1) is 22.7. The van der Waals surface area contributed by atoms with Crippen molar-refractivity contribution in [1.82, 2.24) is 19.8 Å². The van der Waals surface area contributed by atoms with Crippen LogP contribution in [0.2, 0.25) is 0 Å². The summed E-state index contributed by atoms with van der Waals surface area (Å²) in [6.07, 6.45) is 0.676. The molecule has 0 bridgehead atoms. The van der Waals surface area contributed by atoms with E-state index in [-0.39, 0.29) is 25.4 Å². The zero-order chi connectivity index (χ0) is 22.3. The first-order chi connectivity index (χ1) is 14.3. The number of carbonyl (C=O) groups excluding carboxylic acids is 2. The van der Waals surface area contributed by atoms with Crippen LogP contribution >= 0.6 is 0 Å². The van der Waals surface area contributed by atoms with E-state index in [9.17, 15) is 19.2 Å². The van der Waals surface area contributed by atoms with Crippen molar-refractivity contribution in [2.75, 3.05) is 20.8 Å². The first-order valence-corrected chi connectivity index (χ1v) is 9.27. The Balaban J connectivity index is 1.81. The smallest absolute Gasteiger partial charge is 0.330 e. The average molecular weight is 418 g/mol. The maximum absolute atomic E-state index is 12.0. The molecule has 162 valence electrons. The minimum absolute atomic E-state index is 0.00215. The molecule has 0 aliphatic rings. The van der Waals surface area contributed by atoms with Crippen LogP contribution in [0.4, 0.5) is 0 Å². The number of aromatic nitrogens is 2. The van der Waals surface area contributed by atoms with Gasteiger partial charge in [0.1, 0.15) is 0 Å². The van der Waals surface area contributed by atoms with Gasteiger partial charge in [-0.3, -0.25) is 23.5 Å². The number of hydrogen-bond donors (Lipinski definition) is 2. The second kappa shape index (κ2) is 10.3. The number of benzene rings is 1. The molecule has 1 aromatic carbocycles. The fourth-order valence-corrected chi connectivity index (χ4v) is 2.76. The standard InChI is InChI=1S/C20H26N4O6/c1-23-14(10-19(27)24(2)20(23)28)11-21-18(26)12-22-17(25)8-6-13-5-7-15(29-3)16(9-13)30-4/h5,7,9-10H,6,8,11-12H2,1-4H3,(H,21,26)(H,22,25). The molecule has 0 saturated carbocycles. The molecule has 10 heteroatoms. The van der Waals surface area contributed by atoms with Gasteiger partial charge < -0.3 is 20.1 Å². The molecule has 2 N–H and O–H groups in total. The van der Waals surface area contributed by atoms with Crippen LogP contribution in [0.25, 0.3) is 0 Å². The van der Waals surface area contributed by atoms with E-state index in [0.717, 1.165) is 10.1 Å². The van der Waals surface area contributed by atoms with Crippen LogP contribution in [0.15, 0.2) is 33.9 Å². The van der Waals surface area contributed by atoms with Crippen LogP contribution in [-0.2, 0) is 36.6 Å². The highest BCUT2D eigenvalue weighted by atomic mass is 16.5. The molecule has 1 aromatic heterocycles. The molecule has 0 aliphatic carbocycles. The number of carbonyl (C=O) groups is 2. The van der Waals surface area contributed by atoms with Gasteiger partial charge in [-0.25, -0.2) is 4.79 Å². The molecule has 1 heterocycles. The second-order valence-electron chi connectivity index (χ2n) is 6.62. The van der Waals surface area contributed by atoms with E-state index in [1.807, 2.05) is 6.07 Å². The Morgan fingerprint density at radius 3 is 2.30 bits per heavy atom. The normalized spacial score (nSPS) is 10.4. The lowest BCUT2D eigenvalue weighted by Crippen LogP contribution is -2.41. The Hall–Kier alpha value is -3.56. The van der Waals surface area contributed by atoms with E-state index in [1.54, 1.807) is 19.2 Å². The lowest BCUT2D eigenvalue weighted by Gasteiger charge is -2.11. The predicted octanol–water partition coefficient (Wildman–Crippen LogP) is -0.534. The fourth-order valence-electron chi connectivity index (χ4n) is 2.76. The van der Waals surface area contributed by atoms with Gasteiger partial charge in [0.2, 0.25) is 11.8 Å². The molecule has 30 heavy (non-hydrogen) atoms. The molecule has 2 rings (SSSR count). The maximum Gasteiger partial charge on any atom is 0.330 e. The van der Waals surface area contributed by atoms with Crippen molar-refractivity contribution in [2.45, 2.75) is 19.4 Å². The number of nitrogens with one attached hydrogen (secondary N) is 2. The van der Waals surface area contributed by atoms with E-state index in [4.69, 9.17) is 9.47 Å². The first-order valence-electron chi connectivity index (χ1n) is 9.27. The highest BCUT2D eigenvalue weighted by molar-refractivity contribution is 5.84. The van der Waals surface area contributed by atoms with Crippen LogP contribution in [-0.4, -0.2) is 41.7 Å². The summed E-state index contributed by atoms with van der Waals surface area (Å²) >= 11 is 0. The van der Waals surface area contributed by atoms with Crippen LogP contribution in [0, 0.1) is 0 Å². The van der Waals surface area contributed by atoms with Gasteiger partial charge in [0.05, 0.1) is 27.3 Å². The molecule has 0 atom stereocenters. The molecule has 0 aliphatic heterocycles.